The van der Waals surface area contributed by atoms with Crippen molar-refractivity contribution in [1.29, 1.82) is 0 Å². The number of carbonyl (C=O) groups excluding carboxylic acids is 1. The Bertz CT molecular complexity index is 136. The van der Waals surface area contributed by atoms with Crippen molar-refractivity contribution in [2.45, 2.75) is 32.0 Å². The van der Waals surface area contributed by atoms with Gasteiger partial charge in [-0.2, -0.15) is 0 Å². The molecule has 0 aliphatic carbocycles. The van der Waals surface area contributed by atoms with E-state index >= 15 is 0 Å². The smallest absolute Gasteiger partial charge is 0.322 e. The molecule has 0 unspecified atom stereocenters. The molecular formula is C8H15BrO2. The van der Waals surface area contributed by atoms with Crippen LogP contribution in [0.15, 0.2) is 0 Å². The van der Waals surface area contributed by atoms with Gasteiger partial charge in [0.25, 0.3) is 0 Å². The molecule has 66 valence electrons. The van der Waals surface area contributed by atoms with Gasteiger partial charge in [-0.1, -0.05) is 29.8 Å². The van der Waals surface area contributed by atoms with E-state index < -0.39 is 4.32 Å². The monoisotopic (exact) mass is 222 g/mol. The van der Waals surface area contributed by atoms with E-state index in [2.05, 4.69) is 15.9 Å². The van der Waals surface area contributed by atoms with Gasteiger partial charge in [0.2, 0.25) is 0 Å². The van der Waals surface area contributed by atoms with E-state index in [1.807, 2.05) is 13.8 Å². The molecule has 0 aromatic rings. The van der Waals surface area contributed by atoms with Crippen molar-refractivity contribution in [3.63, 3.8) is 0 Å². The third kappa shape index (κ3) is 5.24. The Morgan fingerprint density at radius 1 is 1.55 bits per heavy atom. The zero-order chi connectivity index (χ0) is 9.07. The number of carbonyl (C=O) groups is 1. The lowest BCUT2D eigenvalue weighted by Crippen LogP contribution is -2.27. The highest BCUT2D eigenvalue weighted by Crippen LogP contribution is 2.17. The Morgan fingerprint density at radius 2 is 2.00 bits per heavy atom. The quantitative estimate of drug-likeness (QED) is 0.542. The van der Waals surface area contributed by atoms with E-state index in [1.165, 1.54) is 0 Å². The first-order valence-electron chi connectivity index (χ1n) is 3.70. The number of alkyl halides is 1. The molecule has 11 heavy (non-hydrogen) atoms. The molecule has 0 saturated carbocycles. The van der Waals surface area contributed by atoms with Crippen LogP contribution in [0.5, 0.6) is 0 Å². The topological polar surface area (TPSA) is 26.3 Å². The summed E-state index contributed by atoms with van der Waals surface area (Å²) in [6.07, 6.45) is 0. The summed E-state index contributed by atoms with van der Waals surface area (Å²) in [6.45, 7) is 8.06. The SMILES string of the molecule is CC(C)COC(=O)C(C)(C)Br. The van der Waals surface area contributed by atoms with Crippen LogP contribution in [0.4, 0.5) is 0 Å². The fraction of sp³-hybridized carbons (Fsp3) is 0.875. The maximum Gasteiger partial charge on any atom is 0.322 e. The van der Waals surface area contributed by atoms with Gasteiger partial charge in [0, 0.05) is 0 Å². The predicted molar refractivity (Wildman–Crippen MR) is 48.8 cm³/mol. The molecule has 0 aromatic heterocycles. The summed E-state index contributed by atoms with van der Waals surface area (Å²) in [4.78, 5) is 11.1. The van der Waals surface area contributed by atoms with E-state index in [0.717, 1.165) is 0 Å². The average Bonchev–Trinajstić information content (AvgIpc) is 1.80. The van der Waals surface area contributed by atoms with Crippen molar-refractivity contribution in [3.8, 4) is 0 Å². The summed E-state index contributed by atoms with van der Waals surface area (Å²) < 4.78 is 4.43. The molecule has 0 N–H and O–H groups in total. The van der Waals surface area contributed by atoms with Gasteiger partial charge >= 0.3 is 5.97 Å². The Labute approximate surface area is 76.4 Å². The van der Waals surface area contributed by atoms with Crippen molar-refractivity contribution in [1.82, 2.24) is 0 Å². The largest absolute Gasteiger partial charge is 0.464 e. The molecular weight excluding hydrogens is 208 g/mol. The first-order chi connectivity index (χ1) is 4.84. The third-order valence-electron chi connectivity index (χ3n) is 1.03. The lowest BCUT2D eigenvalue weighted by molar-refractivity contribution is -0.146. The van der Waals surface area contributed by atoms with Gasteiger partial charge in [-0.05, 0) is 19.8 Å². The van der Waals surface area contributed by atoms with E-state index in [0.29, 0.717) is 12.5 Å². The van der Waals surface area contributed by atoms with E-state index in [-0.39, 0.29) is 5.97 Å². The molecule has 0 aromatic carbocycles. The van der Waals surface area contributed by atoms with E-state index in [9.17, 15) is 4.79 Å². The van der Waals surface area contributed by atoms with Crippen molar-refractivity contribution >= 4 is 21.9 Å². The molecule has 3 heteroatoms. The second kappa shape index (κ2) is 4.10. The van der Waals surface area contributed by atoms with E-state index in [4.69, 9.17) is 4.74 Å². The highest BCUT2D eigenvalue weighted by atomic mass is 79.9. The minimum atomic E-state index is -0.554. The highest BCUT2D eigenvalue weighted by molar-refractivity contribution is 9.10. The maximum absolute atomic E-state index is 11.1. The molecule has 0 amide bonds. The maximum atomic E-state index is 11.1. The fourth-order valence-corrected chi connectivity index (χ4v) is 0.528. The van der Waals surface area contributed by atoms with Gasteiger partial charge in [0.15, 0.2) is 0 Å². The number of esters is 1. The van der Waals surface area contributed by atoms with Crippen LogP contribution >= 0.6 is 15.9 Å². The van der Waals surface area contributed by atoms with Gasteiger partial charge < -0.3 is 4.74 Å². The number of ether oxygens (including phenoxy) is 1. The van der Waals surface area contributed by atoms with Crippen LogP contribution in [0.25, 0.3) is 0 Å². The summed E-state index contributed by atoms with van der Waals surface area (Å²) in [5.74, 6) is 0.194. The minimum Gasteiger partial charge on any atom is -0.464 e. The number of hydrogen-bond acceptors (Lipinski definition) is 2. The van der Waals surface area contributed by atoms with Crippen LogP contribution in [0.2, 0.25) is 0 Å². The first kappa shape index (κ1) is 11.0. The van der Waals surface area contributed by atoms with Gasteiger partial charge in [0.05, 0.1) is 6.61 Å². The Kier molecular flexibility index (Phi) is 4.08. The van der Waals surface area contributed by atoms with Gasteiger partial charge in [-0.15, -0.1) is 0 Å². The normalized spacial score (nSPS) is 11.8. The van der Waals surface area contributed by atoms with Gasteiger partial charge in [-0.3, -0.25) is 4.79 Å². The average molecular weight is 223 g/mol. The van der Waals surface area contributed by atoms with Gasteiger partial charge in [-0.25, -0.2) is 0 Å². The fourth-order valence-electron chi connectivity index (χ4n) is 0.414. The third-order valence-corrected chi connectivity index (χ3v) is 1.36. The second-order valence-corrected chi connectivity index (χ2v) is 5.45. The zero-order valence-corrected chi connectivity index (χ0v) is 9.06. The van der Waals surface area contributed by atoms with Crippen LogP contribution in [0.3, 0.4) is 0 Å². The molecule has 0 fully saturated rings. The number of rotatable bonds is 3. The van der Waals surface area contributed by atoms with Crippen molar-refractivity contribution in [2.24, 2.45) is 5.92 Å². The Hall–Kier alpha value is -0.0500. The molecule has 0 radical (unpaired) electrons. The minimum absolute atomic E-state index is 0.203. The summed E-state index contributed by atoms with van der Waals surface area (Å²) in [7, 11) is 0. The van der Waals surface area contributed by atoms with E-state index in [1.54, 1.807) is 13.8 Å². The molecule has 0 aliphatic rings. The predicted octanol–water partition coefficient (Wildman–Crippen LogP) is 2.36. The molecule has 2 nitrogen and oxygen atoms in total. The van der Waals surface area contributed by atoms with Crippen molar-refractivity contribution < 1.29 is 9.53 Å². The first-order valence-corrected chi connectivity index (χ1v) is 4.49. The van der Waals surface area contributed by atoms with Crippen LogP contribution < -0.4 is 0 Å². The van der Waals surface area contributed by atoms with Crippen LogP contribution in [-0.2, 0) is 9.53 Å². The van der Waals surface area contributed by atoms with Crippen LogP contribution in [0, 0.1) is 5.92 Å². The molecule has 0 rings (SSSR count). The van der Waals surface area contributed by atoms with Crippen LogP contribution in [0.1, 0.15) is 27.7 Å². The summed E-state index contributed by atoms with van der Waals surface area (Å²) >= 11 is 3.22. The number of halogens is 1. The summed E-state index contributed by atoms with van der Waals surface area (Å²) in [5.41, 5.74) is 0. The molecule has 0 aliphatic heterocycles. The summed E-state index contributed by atoms with van der Waals surface area (Å²) in [5, 5.41) is 0. The molecule has 0 bridgehead atoms. The lowest BCUT2D eigenvalue weighted by atomic mass is 10.2. The Balaban J connectivity index is 3.71. The highest BCUT2D eigenvalue weighted by Gasteiger charge is 2.25. The van der Waals surface area contributed by atoms with Crippen molar-refractivity contribution in [3.05, 3.63) is 0 Å². The Morgan fingerprint density at radius 3 is 2.27 bits per heavy atom. The zero-order valence-electron chi connectivity index (χ0n) is 7.48. The standard InChI is InChI=1S/C8H15BrO2/c1-6(2)5-11-7(10)8(3,4)9/h6H,5H2,1-4H3. The molecule has 0 spiro atoms. The molecule has 0 saturated heterocycles. The molecule has 0 heterocycles. The molecule has 0 atom stereocenters. The summed E-state index contributed by atoms with van der Waals surface area (Å²) in [6, 6.07) is 0. The van der Waals surface area contributed by atoms with Gasteiger partial charge in [0.1, 0.15) is 4.32 Å². The second-order valence-electron chi connectivity index (χ2n) is 3.46. The lowest BCUT2D eigenvalue weighted by Gasteiger charge is -2.15. The van der Waals surface area contributed by atoms with Crippen molar-refractivity contribution in [2.75, 3.05) is 6.61 Å². The van der Waals surface area contributed by atoms with Crippen LogP contribution in [-0.4, -0.2) is 16.9 Å². The number of hydrogen-bond donors (Lipinski definition) is 0.